The first kappa shape index (κ1) is 10.3. The lowest BCUT2D eigenvalue weighted by Crippen LogP contribution is -2.14. The van der Waals surface area contributed by atoms with Crippen LogP contribution in [0.15, 0.2) is 12.1 Å². The molecule has 3 radical (unpaired) electrons. The van der Waals surface area contributed by atoms with E-state index in [1.165, 1.54) is 22.0 Å². The summed E-state index contributed by atoms with van der Waals surface area (Å²) in [5, 5.41) is 4.45. The van der Waals surface area contributed by atoms with Crippen LogP contribution in [0.25, 0.3) is 0 Å². The molecule has 13 heavy (non-hydrogen) atoms. The van der Waals surface area contributed by atoms with Crippen molar-refractivity contribution in [3.8, 4) is 0 Å². The monoisotopic (exact) mass is 190 g/mol. The maximum Gasteiger partial charge on any atom is 0.0715 e. The van der Waals surface area contributed by atoms with Gasteiger partial charge < -0.3 is 5.32 Å². The second kappa shape index (κ2) is 4.47. The van der Waals surface area contributed by atoms with Gasteiger partial charge in [0.05, 0.1) is 10.2 Å². The quantitative estimate of drug-likeness (QED) is 0.715. The van der Waals surface area contributed by atoms with E-state index in [4.69, 9.17) is 0 Å². The van der Waals surface area contributed by atoms with Crippen molar-refractivity contribution < 1.29 is 0 Å². The number of anilines is 1. The fourth-order valence-corrected chi connectivity index (χ4v) is 2.15. The number of rotatable bonds is 3. The van der Waals surface area contributed by atoms with Crippen LogP contribution in [0, 0.1) is 0 Å². The van der Waals surface area contributed by atoms with Gasteiger partial charge in [0, 0.05) is 12.7 Å². The third-order valence-electron chi connectivity index (χ3n) is 2.41. The number of benzene rings is 1. The summed E-state index contributed by atoms with van der Waals surface area (Å²) in [4.78, 5) is 0. The zero-order valence-electron chi connectivity index (χ0n) is 8.57. The molecule has 0 saturated carbocycles. The fourth-order valence-electron chi connectivity index (χ4n) is 1.73. The molecule has 0 fully saturated rings. The zero-order chi connectivity index (χ0) is 9.84. The van der Waals surface area contributed by atoms with E-state index in [1.54, 1.807) is 0 Å². The van der Waals surface area contributed by atoms with Crippen molar-refractivity contribution in [3.05, 3.63) is 23.3 Å². The Bertz CT molecular complexity index is 294. The van der Waals surface area contributed by atoms with Crippen LogP contribution in [0.1, 0.15) is 25.0 Å². The standard InChI is InChI=1S/C11H16NSi/c1-4-8-9(5-2)11(13)7-6-10(8)12-3/h6-7,12H,4-5H2,1-3H3. The summed E-state index contributed by atoms with van der Waals surface area (Å²) in [6, 6.07) is 4.24. The first-order valence-electron chi connectivity index (χ1n) is 4.78. The van der Waals surface area contributed by atoms with Gasteiger partial charge in [-0.05, 0) is 30.0 Å². The molecule has 0 saturated heterocycles. The molecule has 69 valence electrons. The number of hydrogen-bond acceptors (Lipinski definition) is 1. The summed E-state index contributed by atoms with van der Waals surface area (Å²) in [5.41, 5.74) is 4.10. The van der Waals surface area contributed by atoms with Crippen LogP contribution in [0.3, 0.4) is 0 Å². The van der Waals surface area contributed by atoms with Gasteiger partial charge in [-0.2, -0.15) is 0 Å². The molecule has 1 aromatic rings. The minimum Gasteiger partial charge on any atom is -0.388 e. The highest BCUT2D eigenvalue weighted by molar-refractivity contribution is 6.33. The van der Waals surface area contributed by atoms with Crippen molar-refractivity contribution >= 4 is 21.1 Å². The van der Waals surface area contributed by atoms with E-state index in [0.29, 0.717) is 0 Å². The van der Waals surface area contributed by atoms with Crippen molar-refractivity contribution in [1.82, 2.24) is 0 Å². The predicted octanol–water partition coefficient (Wildman–Crippen LogP) is 1.65. The van der Waals surface area contributed by atoms with E-state index in [-0.39, 0.29) is 0 Å². The van der Waals surface area contributed by atoms with Gasteiger partial charge in [-0.25, -0.2) is 0 Å². The largest absolute Gasteiger partial charge is 0.388 e. The molecule has 1 N–H and O–H groups in total. The number of nitrogens with one attached hydrogen (secondary N) is 1. The minimum atomic E-state index is 1.08. The second-order valence-corrected chi connectivity index (χ2v) is 3.61. The lowest BCUT2D eigenvalue weighted by Gasteiger charge is -2.14. The van der Waals surface area contributed by atoms with Crippen molar-refractivity contribution in [2.75, 3.05) is 12.4 Å². The zero-order valence-corrected chi connectivity index (χ0v) is 9.57. The van der Waals surface area contributed by atoms with Crippen LogP contribution in [0.5, 0.6) is 0 Å². The molecule has 0 heterocycles. The smallest absolute Gasteiger partial charge is 0.0715 e. The summed E-state index contributed by atoms with van der Waals surface area (Å²) in [5.74, 6) is 0. The highest BCUT2D eigenvalue weighted by Gasteiger charge is 2.06. The van der Waals surface area contributed by atoms with E-state index >= 15 is 0 Å². The molecule has 0 bridgehead atoms. The van der Waals surface area contributed by atoms with E-state index in [2.05, 4.69) is 41.5 Å². The Balaban J connectivity index is 3.27. The molecule has 0 spiro atoms. The maximum absolute atomic E-state index is 3.64. The summed E-state index contributed by atoms with van der Waals surface area (Å²) in [6.45, 7) is 4.39. The molecule has 0 unspecified atom stereocenters. The maximum atomic E-state index is 3.64. The van der Waals surface area contributed by atoms with E-state index in [9.17, 15) is 0 Å². The average molecular weight is 190 g/mol. The van der Waals surface area contributed by atoms with E-state index in [1.807, 2.05) is 7.05 Å². The van der Waals surface area contributed by atoms with Crippen molar-refractivity contribution in [1.29, 1.82) is 0 Å². The molecule has 0 aliphatic heterocycles. The van der Waals surface area contributed by atoms with Gasteiger partial charge >= 0.3 is 0 Å². The van der Waals surface area contributed by atoms with E-state index < -0.39 is 0 Å². The van der Waals surface area contributed by atoms with Gasteiger partial charge in [0.25, 0.3) is 0 Å². The summed E-state index contributed by atoms with van der Waals surface area (Å²) >= 11 is 0. The Hall–Kier alpha value is -0.763. The summed E-state index contributed by atoms with van der Waals surface area (Å²) in [6.07, 6.45) is 2.16. The highest BCUT2D eigenvalue weighted by atomic mass is 28.1. The van der Waals surface area contributed by atoms with Crippen LogP contribution >= 0.6 is 0 Å². The molecule has 1 rings (SSSR count). The Labute approximate surface area is 84.0 Å². The summed E-state index contributed by atoms with van der Waals surface area (Å²) in [7, 11) is 5.61. The van der Waals surface area contributed by atoms with Crippen molar-refractivity contribution in [2.45, 2.75) is 26.7 Å². The van der Waals surface area contributed by atoms with Gasteiger partial charge in [0.15, 0.2) is 0 Å². The molecule has 1 aromatic carbocycles. The van der Waals surface area contributed by atoms with Crippen molar-refractivity contribution in [3.63, 3.8) is 0 Å². The SMILES string of the molecule is CCc1c([Si])ccc(NC)c1CC. The lowest BCUT2D eigenvalue weighted by molar-refractivity contribution is 1.05. The molecule has 0 aromatic heterocycles. The summed E-state index contributed by atoms with van der Waals surface area (Å²) < 4.78 is 0. The predicted molar refractivity (Wildman–Crippen MR) is 60.1 cm³/mol. The molecule has 1 nitrogen and oxygen atoms in total. The Morgan fingerprint density at radius 2 is 1.77 bits per heavy atom. The Morgan fingerprint density at radius 3 is 2.23 bits per heavy atom. The van der Waals surface area contributed by atoms with Gasteiger partial charge in [0.1, 0.15) is 0 Å². The van der Waals surface area contributed by atoms with Gasteiger partial charge in [-0.1, -0.05) is 25.1 Å². The van der Waals surface area contributed by atoms with Crippen LogP contribution < -0.4 is 10.5 Å². The van der Waals surface area contributed by atoms with Crippen LogP contribution in [-0.2, 0) is 12.8 Å². The Morgan fingerprint density at radius 1 is 1.15 bits per heavy atom. The van der Waals surface area contributed by atoms with Crippen LogP contribution in [-0.4, -0.2) is 17.3 Å². The topological polar surface area (TPSA) is 12.0 Å². The molecule has 0 amide bonds. The Kier molecular flexibility index (Phi) is 3.55. The van der Waals surface area contributed by atoms with Gasteiger partial charge in [-0.3, -0.25) is 0 Å². The molecule has 0 atom stereocenters. The van der Waals surface area contributed by atoms with Crippen LogP contribution in [0.2, 0.25) is 0 Å². The normalized spacial score (nSPS) is 10.2. The van der Waals surface area contributed by atoms with Crippen molar-refractivity contribution in [2.24, 2.45) is 0 Å². The average Bonchev–Trinajstić information content (AvgIpc) is 2.17. The second-order valence-electron chi connectivity index (χ2n) is 3.07. The molecule has 2 heteroatoms. The first-order valence-corrected chi connectivity index (χ1v) is 5.28. The molecular weight excluding hydrogens is 174 g/mol. The minimum absolute atomic E-state index is 1.08. The first-order chi connectivity index (χ1) is 6.24. The molecule has 0 aliphatic rings. The number of hydrogen-bond donors (Lipinski definition) is 1. The molecule has 0 aliphatic carbocycles. The third-order valence-corrected chi connectivity index (χ3v) is 2.88. The lowest BCUT2D eigenvalue weighted by atomic mass is 10.0. The highest BCUT2D eigenvalue weighted by Crippen LogP contribution is 2.18. The fraction of sp³-hybridized carbons (Fsp3) is 0.455. The third kappa shape index (κ3) is 1.94. The van der Waals surface area contributed by atoms with E-state index in [0.717, 1.165) is 12.8 Å². The molecular formula is C11H16NSi. The van der Waals surface area contributed by atoms with Gasteiger partial charge in [0.2, 0.25) is 0 Å². The van der Waals surface area contributed by atoms with Crippen LogP contribution in [0.4, 0.5) is 5.69 Å². The van der Waals surface area contributed by atoms with Gasteiger partial charge in [-0.15, -0.1) is 0 Å².